The Morgan fingerprint density at radius 1 is 1.05 bits per heavy atom. The molecule has 4 nitrogen and oxygen atoms in total. The molecule has 1 spiro atoms. The van der Waals surface area contributed by atoms with Gasteiger partial charge in [0.05, 0.1) is 6.54 Å². The summed E-state index contributed by atoms with van der Waals surface area (Å²) in [7, 11) is 0. The number of amides is 2. The molecule has 3 aliphatic rings. The number of carbonyl (C=O) groups excluding carboxylic acids is 2. The molecule has 0 radical (unpaired) electrons. The Balaban J connectivity index is 1.75. The molecule has 3 fully saturated rings. The SMILES string of the molecule is CC1(C)CCC(N2CC(=O)NC3(CCCC3)C2=O)CC1. The Bertz CT molecular complexity index is 414. The van der Waals surface area contributed by atoms with E-state index in [1.54, 1.807) is 0 Å². The summed E-state index contributed by atoms with van der Waals surface area (Å²) >= 11 is 0. The molecular formula is C16H26N2O2. The summed E-state index contributed by atoms with van der Waals surface area (Å²) < 4.78 is 0. The molecule has 2 amide bonds. The van der Waals surface area contributed by atoms with Gasteiger partial charge in [-0.3, -0.25) is 9.59 Å². The van der Waals surface area contributed by atoms with E-state index in [0.717, 1.165) is 51.4 Å². The van der Waals surface area contributed by atoms with Crippen LogP contribution in [0, 0.1) is 5.41 Å². The summed E-state index contributed by atoms with van der Waals surface area (Å²) in [5, 5.41) is 3.00. The lowest BCUT2D eigenvalue weighted by molar-refractivity contribution is -0.153. The Labute approximate surface area is 121 Å². The van der Waals surface area contributed by atoms with Crippen molar-refractivity contribution >= 4 is 11.8 Å². The van der Waals surface area contributed by atoms with Crippen LogP contribution >= 0.6 is 0 Å². The zero-order valence-corrected chi connectivity index (χ0v) is 12.7. The zero-order chi connectivity index (χ0) is 14.4. The van der Waals surface area contributed by atoms with Crippen LogP contribution in [0.15, 0.2) is 0 Å². The van der Waals surface area contributed by atoms with Crippen molar-refractivity contribution in [2.45, 2.75) is 76.8 Å². The molecule has 3 rings (SSSR count). The fourth-order valence-corrected chi connectivity index (χ4v) is 4.17. The molecular weight excluding hydrogens is 252 g/mol. The lowest BCUT2D eigenvalue weighted by Gasteiger charge is -2.46. The van der Waals surface area contributed by atoms with Crippen molar-refractivity contribution in [2.75, 3.05) is 6.54 Å². The van der Waals surface area contributed by atoms with E-state index in [-0.39, 0.29) is 24.4 Å². The molecule has 20 heavy (non-hydrogen) atoms. The zero-order valence-electron chi connectivity index (χ0n) is 12.7. The highest BCUT2D eigenvalue weighted by molar-refractivity contribution is 5.98. The second-order valence-electron chi connectivity index (χ2n) is 7.67. The molecule has 112 valence electrons. The molecule has 4 heteroatoms. The van der Waals surface area contributed by atoms with E-state index in [9.17, 15) is 9.59 Å². The first-order valence-corrected chi connectivity index (χ1v) is 8.04. The highest BCUT2D eigenvalue weighted by atomic mass is 16.2. The average molecular weight is 278 g/mol. The number of rotatable bonds is 1. The van der Waals surface area contributed by atoms with Gasteiger partial charge in [0.15, 0.2) is 0 Å². The third-order valence-electron chi connectivity index (χ3n) is 5.57. The highest BCUT2D eigenvalue weighted by Crippen LogP contribution is 2.40. The van der Waals surface area contributed by atoms with E-state index in [2.05, 4.69) is 19.2 Å². The van der Waals surface area contributed by atoms with Crippen LogP contribution in [0.3, 0.4) is 0 Å². The van der Waals surface area contributed by atoms with Crippen molar-refractivity contribution in [2.24, 2.45) is 5.41 Å². The third kappa shape index (κ3) is 2.33. The molecule has 0 aromatic heterocycles. The molecule has 2 aliphatic carbocycles. The van der Waals surface area contributed by atoms with Gasteiger partial charge in [-0.1, -0.05) is 26.7 Å². The molecule has 1 saturated heterocycles. The van der Waals surface area contributed by atoms with Gasteiger partial charge in [-0.05, 0) is 43.9 Å². The number of piperazine rings is 1. The molecule has 0 unspecified atom stereocenters. The van der Waals surface area contributed by atoms with Crippen LogP contribution in [-0.2, 0) is 9.59 Å². The van der Waals surface area contributed by atoms with Gasteiger partial charge in [0, 0.05) is 6.04 Å². The average Bonchev–Trinajstić information content (AvgIpc) is 2.84. The molecule has 1 heterocycles. The number of nitrogens with zero attached hydrogens (tertiary/aromatic N) is 1. The first-order valence-electron chi connectivity index (χ1n) is 8.04. The summed E-state index contributed by atoms with van der Waals surface area (Å²) in [6.07, 6.45) is 8.14. The van der Waals surface area contributed by atoms with Gasteiger partial charge in [0.25, 0.3) is 0 Å². The minimum Gasteiger partial charge on any atom is -0.340 e. The maximum absolute atomic E-state index is 12.9. The van der Waals surface area contributed by atoms with Gasteiger partial charge in [0.1, 0.15) is 5.54 Å². The van der Waals surface area contributed by atoms with E-state index in [0.29, 0.717) is 5.41 Å². The van der Waals surface area contributed by atoms with E-state index in [4.69, 9.17) is 0 Å². The van der Waals surface area contributed by atoms with Crippen molar-refractivity contribution < 1.29 is 9.59 Å². The van der Waals surface area contributed by atoms with E-state index in [1.807, 2.05) is 4.90 Å². The minimum absolute atomic E-state index is 0.0383. The minimum atomic E-state index is -0.553. The summed E-state index contributed by atoms with van der Waals surface area (Å²) in [6, 6.07) is 0.277. The van der Waals surface area contributed by atoms with Crippen LogP contribution in [0.4, 0.5) is 0 Å². The topological polar surface area (TPSA) is 49.4 Å². The van der Waals surface area contributed by atoms with E-state index < -0.39 is 5.54 Å². The van der Waals surface area contributed by atoms with Gasteiger partial charge in [-0.2, -0.15) is 0 Å². The second-order valence-corrected chi connectivity index (χ2v) is 7.67. The number of hydrogen-bond acceptors (Lipinski definition) is 2. The third-order valence-corrected chi connectivity index (χ3v) is 5.57. The Hall–Kier alpha value is -1.06. The molecule has 0 bridgehead atoms. The van der Waals surface area contributed by atoms with Crippen LogP contribution in [0.25, 0.3) is 0 Å². The monoisotopic (exact) mass is 278 g/mol. The van der Waals surface area contributed by atoms with Gasteiger partial charge in [-0.15, -0.1) is 0 Å². The van der Waals surface area contributed by atoms with Crippen molar-refractivity contribution in [3.8, 4) is 0 Å². The highest BCUT2D eigenvalue weighted by Gasteiger charge is 2.50. The quantitative estimate of drug-likeness (QED) is 0.799. The molecule has 0 aromatic rings. The molecule has 0 atom stereocenters. The van der Waals surface area contributed by atoms with Gasteiger partial charge >= 0.3 is 0 Å². The maximum Gasteiger partial charge on any atom is 0.249 e. The first kappa shape index (κ1) is 13.9. The summed E-state index contributed by atoms with van der Waals surface area (Å²) in [5.74, 6) is 0.232. The van der Waals surface area contributed by atoms with Crippen molar-refractivity contribution in [1.82, 2.24) is 10.2 Å². The Kier molecular flexibility index (Phi) is 3.30. The molecule has 2 saturated carbocycles. The summed E-state index contributed by atoms with van der Waals surface area (Å²) in [4.78, 5) is 26.8. The van der Waals surface area contributed by atoms with Crippen molar-refractivity contribution in [3.05, 3.63) is 0 Å². The summed E-state index contributed by atoms with van der Waals surface area (Å²) in [5.41, 5.74) is -0.162. The van der Waals surface area contributed by atoms with Crippen LogP contribution < -0.4 is 5.32 Å². The van der Waals surface area contributed by atoms with Crippen LogP contribution in [0.5, 0.6) is 0 Å². The summed E-state index contributed by atoms with van der Waals surface area (Å²) in [6.45, 7) is 4.87. The standard InChI is InChI=1S/C16H26N2O2/c1-15(2)9-5-12(6-10-15)18-11-13(19)17-16(14(18)20)7-3-4-8-16/h12H,3-11H2,1-2H3,(H,17,19). The fourth-order valence-electron chi connectivity index (χ4n) is 4.17. The van der Waals surface area contributed by atoms with Crippen LogP contribution in [-0.4, -0.2) is 34.8 Å². The smallest absolute Gasteiger partial charge is 0.249 e. The number of nitrogens with one attached hydrogen (secondary N) is 1. The maximum atomic E-state index is 12.9. The van der Waals surface area contributed by atoms with Crippen LogP contribution in [0.2, 0.25) is 0 Å². The van der Waals surface area contributed by atoms with E-state index in [1.165, 1.54) is 0 Å². The normalized spacial score (nSPS) is 29.8. The van der Waals surface area contributed by atoms with Crippen molar-refractivity contribution in [3.63, 3.8) is 0 Å². The Morgan fingerprint density at radius 2 is 1.65 bits per heavy atom. The lowest BCUT2D eigenvalue weighted by atomic mass is 9.74. The second kappa shape index (κ2) is 4.74. The molecule has 0 aromatic carbocycles. The first-order chi connectivity index (χ1) is 9.42. The lowest BCUT2D eigenvalue weighted by Crippen LogP contribution is -2.67. The number of carbonyl (C=O) groups is 2. The van der Waals surface area contributed by atoms with Gasteiger partial charge in [-0.25, -0.2) is 0 Å². The van der Waals surface area contributed by atoms with E-state index >= 15 is 0 Å². The Morgan fingerprint density at radius 3 is 2.25 bits per heavy atom. The number of hydrogen-bond donors (Lipinski definition) is 1. The predicted molar refractivity (Wildman–Crippen MR) is 77.1 cm³/mol. The largest absolute Gasteiger partial charge is 0.340 e. The van der Waals surface area contributed by atoms with Gasteiger partial charge in [0.2, 0.25) is 11.8 Å². The fraction of sp³-hybridized carbons (Fsp3) is 0.875. The van der Waals surface area contributed by atoms with Crippen molar-refractivity contribution in [1.29, 1.82) is 0 Å². The molecule has 1 N–H and O–H groups in total. The predicted octanol–water partition coefficient (Wildman–Crippen LogP) is 2.23. The van der Waals surface area contributed by atoms with Crippen LogP contribution in [0.1, 0.15) is 65.2 Å². The molecule has 1 aliphatic heterocycles. The van der Waals surface area contributed by atoms with Gasteiger partial charge < -0.3 is 10.2 Å².